The molecule has 0 spiro atoms. The van der Waals surface area contributed by atoms with Crippen molar-refractivity contribution in [3.05, 3.63) is 0 Å². The van der Waals surface area contributed by atoms with Crippen LogP contribution in [-0.4, -0.2) is 36.7 Å². The minimum atomic E-state index is -0.809. The van der Waals surface area contributed by atoms with E-state index in [1.54, 1.807) is 6.92 Å². The molecule has 0 aliphatic carbocycles. The number of primary amides is 1. The number of nitrogens with two attached hydrogens (primary N) is 1. The largest absolute Gasteiger partial charge is 0.448 e. The molecule has 0 saturated carbocycles. The third kappa shape index (κ3) is 7.57. The Labute approximate surface area is 102 Å². The van der Waals surface area contributed by atoms with Crippen LogP contribution in [0.5, 0.6) is 0 Å². The van der Waals surface area contributed by atoms with E-state index in [-0.39, 0.29) is 24.1 Å². The Hall–Kier alpha value is -1.30. The molecule has 1 unspecified atom stereocenters. The molecule has 2 amide bonds. The van der Waals surface area contributed by atoms with Gasteiger partial charge in [-0.3, -0.25) is 4.79 Å². The van der Waals surface area contributed by atoms with Crippen LogP contribution in [0.3, 0.4) is 0 Å². The van der Waals surface area contributed by atoms with Gasteiger partial charge in [-0.25, -0.2) is 4.79 Å². The molecular formula is C11H23N3O3. The Kier molecular flexibility index (Phi) is 6.57. The van der Waals surface area contributed by atoms with E-state index in [1.807, 2.05) is 20.8 Å². The zero-order valence-corrected chi connectivity index (χ0v) is 11.0. The van der Waals surface area contributed by atoms with E-state index in [1.165, 1.54) is 0 Å². The topological polar surface area (TPSA) is 93.4 Å². The Bertz CT molecular complexity index is 267. The maximum absolute atomic E-state index is 11.7. The number of carbonyl (C=O) groups is 2. The van der Waals surface area contributed by atoms with Gasteiger partial charge in [-0.05, 0) is 27.2 Å². The fourth-order valence-electron chi connectivity index (χ4n) is 1.05. The lowest BCUT2D eigenvalue weighted by Gasteiger charge is -2.26. The summed E-state index contributed by atoms with van der Waals surface area (Å²) in [5, 5.41) is 5.86. The standard InChI is InChI=1S/C11H23N3O3/c1-5-11(3,4)14-9(15)8(2)13-6-7-17-10(12)16/h8,13H,5-7H2,1-4H3,(H2,12,16)(H,14,15). The molecule has 0 aromatic carbocycles. The van der Waals surface area contributed by atoms with Crippen molar-refractivity contribution in [2.75, 3.05) is 13.2 Å². The maximum Gasteiger partial charge on any atom is 0.404 e. The van der Waals surface area contributed by atoms with E-state index in [2.05, 4.69) is 15.4 Å². The van der Waals surface area contributed by atoms with Gasteiger partial charge >= 0.3 is 6.09 Å². The zero-order chi connectivity index (χ0) is 13.5. The van der Waals surface area contributed by atoms with Crippen molar-refractivity contribution in [3.8, 4) is 0 Å². The Balaban J connectivity index is 3.86. The molecule has 6 heteroatoms. The first-order chi connectivity index (χ1) is 7.78. The Morgan fingerprint density at radius 2 is 2.00 bits per heavy atom. The van der Waals surface area contributed by atoms with E-state index < -0.39 is 6.09 Å². The summed E-state index contributed by atoms with van der Waals surface area (Å²) in [5.41, 5.74) is 4.59. The van der Waals surface area contributed by atoms with Crippen LogP contribution in [0.15, 0.2) is 0 Å². The zero-order valence-electron chi connectivity index (χ0n) is 11.0. The number of rotatable bonds is 7. The van der Waals surface area contributed by atoms with E-state index in [0.717, 1.165) is 6.42 Å². The molecule has 0 aromatic rings. The second-order valence-electron chi connectivity index (χ2n) is 4.57. The lowest BCUT2D eigenvalue weighted by molar-refractivity contribution is -0.124. The highest BCUT2D eigenvalue weighted by atomic mass is 16.5. The summed E-state index contributed by atoms with van der Waals surface area (Å²) in [5.74, 6) is -0.0732. The number of hydrogen-bond donors (Lipinski definition) is 3. The van der Waals surface area contributed by atoms with Gasteiger partial charge in [-0.15, -0.1) is 0 Å². The summed E-state index contributed by atoms with van der Waals surface area (Å²) in [4.78, 5) is 22.0. The van der Waals surface area contributed by atoms with Gasteiger partial charge < -0.3 is 21.1 Å². The van der Waals surface area contributed by atoms with Gasteiger partial charge in [0.15, 0.2) is 0 Å². The lowest BCUT2D eigenvalue weighted by atomic mass is 10.0. The predicted molar refractivity (Wildman–Crippen MR) is 65.5 cm³/mol. The Morgan fingerprint density at radius 1 is 1.41 bits per heavy atom. The van der Waals surface area contributed by atoms with Gasteiger partial charge in [0.05, 0.1) is 6.04 Å². The molecule has 0 fully saturated rings. The monoisotopic (exact) mass is 245 g/mol. The van der Waals surface area contributed by atoms with Crippen molar-refractivity contribution in [2.45, 2.75) is 45.7 Å². The third-order valence-corrected chi connectivity index (χ3v) is 2.54. The average Bonchev–Trinajstić information content (AvgIpc) is 2.23. The first-order valence-electron chi connectivity index (χ1n) is 5.76. The van der Waals surface area contributed by atoms with E-state index in [4.69, 9.17) is 5.73 Å². The van der Waals surface area contributed by atoms with Gasteiger partial charge in [0.1, 0.15) is 6.61 Å². The molecule has 0 rings (SSSR count). The molecule has 1 atom stereocenters. The highest BCUT2D eigenvalue weighted by Crippen LogP contribution is 2.06. The van der Waals surface area contributed by atoms with Crippen LogP contribution in [0.2, 0.25) is 0 Å². The quantitative estimate of drug-likeness (QED) is 0.565. The van der Waals surface area contributed by atoms with Crippen molar-refractivity contribution < 1.29 is 14.3 Å². The van der Waals surface area contributed by atoms with Crippen molar-refractivity contribution in [3.63, 3.8) is 0 Å². The number of hydrogen-bond acceptors (Lipinski definition) is 4. The second kappa shape index (κ2) is 7.11. The molecule has 100 valence electrons. The molecule has 0 aromatic heterocycles. The van der Waals surface area contributed by atoms with Gasteiger partial charge in [0.2, 0.25) is 5.91 Å². The molecule has 0 saturated heterocycles. The van der Waals surface area contributed by atoms with E-state index >= 15 is 0 Å². The minimum absolute atomic E-state index is 0.0732. The number of carbonyl (C=O) groups excluding carboxylic acids is 2. The number of amides is 2. The lowest BCUT2D eigenvalue weighted by Crippen LogP contribution is -2.51. The molecule has 17 heavy (non-hydrogen) atoms. The molecule has 0 heterocycles. The van der Waals surface area contributed by atoms with Gasteiger partial charge in [0, 0.05) is 12.1 Å². The van der Waals surface area contributed by atoms with Crippen molar-refractivity contribution in [1.82, 2.24) is 10.6 Å². The summed E-state index contributed by atoms with van der Waals surface area (Å²) in [6.07, 6.45) is 0.0481. The summed E-state index contributed by atoms with van der Waals surface area (Å²) < 4.78 is 4.54. The van der Waals surface area contributed by atoms with Crippen LogP contribution in [-0.2, 0) is 9.53 Å². The first-order valence-corrected chi connectivity index (χ1v) is 5.76. The van der Waals surface area contributed by atoms with Crippen molar-refractivity contribution >= 4 is 12.0 Å². The smallest absolute Gasteiger partial charge is 0.404 e. The maximum atomic E-state index is 11.7. The molecule has 4 N–H and O–H groups in total. The number of ether oxygens (including phenoxy) is 1. The highest BCUT2D eigenvalue weighted by Gasteiger charge is 2.21. The van der Waals surface area contributed by atoms with E-state index in [0.29, 0.717) is 6.54 Å². The summed E-state index contributed by atoms with van der Waals surface area (Å²) >= 11 is 0. The molecule has 0 radical (unpaired) electrons. The third-order valence-electron chi connectivity index (χ3n) is 2.54. The van der Waals surface area contributed by atoms with Crippen LogP contribution in [0.1, 0.15) is 34.1 Å². The fraction of sp³-hybridized carbons (Fsp3) is 0.818. The Morgan fingerprint density at radius 3 is 2.47 bits per heavy atom. The van der Waals surface area contributed by atoms with Crippen LogP contribution in [0, 0.1) is 0 Å². The first kappa shape index (κ1) is 15.7. The van der Waals surface area contributed by atoms with Gasteiger partial charge in [-0.1, -0.05) is 6.92 Å². The van der Waals surface area contributed by atoms with Crippen LogP contribution < -0.4 is 16.4 Å². The molecule has 0 aliphatic heterocycles. The summed E-state index contributed by atoms with van der Waals surface area (Å²) in [7, 11) is 0. The number of nitrogens with one attached hydrogen (secondary N) is 2. The summed E-state index contributed by atoms with van der Waals surface area (Å²) in [6, 6.07) is -0.336. The fourth-order valence-corrected chi connectivity index (χ4v) is 1.05. The summed E-state index contributed by atoms with van der Waals surface area (Å²) in [6.45, 7) is 8.25. The van der Waals surface area contributed by atoms with E-state index in [9.17, 15) is 9.59 Å². The van der Waals surface area contributed by atoms with Gasteiger partial charge in [-0.2, -0.15) is 0 Å². The normalized spacial score (nSPS) is 12.9. The highest BCUT2D eigenvalue weighted by molar-refractivity contribution is 5.81. The SMILES string of the molecule is CCC(C)(C)NC(=O)C(C)NCCOC(N)=O. The molecular weight excluding hydrogens is 222 g/mol. The molecule has 0 aliphatic rings. The van der Waals surface area contributed by atoms with Crippen molar-refractivity contribution in [2.24, 2.45) is 5.73 Å². The second-order valence-corrected chi connectivity index (χ2v) is 4.57. The van der Waals surface area contributed by atoms with Gasteiger partial charge in [0.25, 0.3) is 0 Å². The predicted octanol–water partition coefficient (Wildman–Crippen LogP) is 0.365. The van der Waals surface area contributed by atoms with Crippen LogP contribution in [0.4, 0.5) is 4.79 Å². The minimum Gasteiger partial charge on any atom is -0.448 e. The molecule has 6 nitrogen and oxygen atoms in total. The molecule has 0 bridgehead atoms. The average molecular weight is 245 g/mol. The van der Waals surface area contributed by atoms with Crippen molar-refractivity contribution in [1.29, 1.82) is 0 Å². The van der Waals surface area contributed by atoms with Crippen LogP contribution in [0.25, 0.3) is 0 Å². The van der Waals surface area contributed by atoms with Crippen LogP contribution >= 0.6 is 0 Å².